The van der Waals surface area contributed by atoms with E-state index in [-0.39, 0.29) is 12.1 Å². The molecule has 1 fully saturated rings. The highest BCUT2D eigenvalue weighted by atomic mass is 16.6. The first-order valence-electron chi connectivity index (χ1n) is 5.53. The van der Waals surface area contributed by atoms with E-state index in [1.807, 2.05) is 0 Å². The van der Waals surface area contributed by atoms with E-state index in [4.69, 9.17) is 12.8 Å². The standard InChI is InChI=1S/C10H19BN2O3/c1-7(2)8-4-9(5-12-16-11)13(6-8)10(14)15-3/h7-9,12H,4-6H2,1-3H3. The summed E-state index contributed by atoms with van der Waals surface area (Å²) in [6.45, 7) is 5.58. The number of nitrogens with one attached hydrogen (secondary N) is 1. The van der Waals surface area contributed by atoms with Crippen molar-refractivity contribution in [2.75, 3.05) is 20.2 Å². The van der Waals surface area contributed by atoms with Crippen LogP contribution < -0.4 is 5.48 Å². The van der Waals surface area contributed by atoms with Gasteiger partial charge in [-0.25, -0.2) is 10.3 Å². The van der Waals surface area contributed by atoms with Crippen molar-refractivity contribution >= 4 is 14.1 Å². The molecular formula is C10H19BN2O3. The van der Waals surface area contributed by atoms with Crippen molar-refractivity contribution < 1.29 is 14.3 Å². The van der Waals surface area contributed by atoms with Crippen LogP contribution >= 0.6 is 0 Å². The Morgan fingerprint density at radius 1 is 1.62 bits per heavy atom. The van der Waals surface area contributed by atoms with Crippen LogP contribution in [-0.2, 0) is 9.49 Å². The molecule has 0 saturated carbocycles. The van der Waals surface area contributed by atoms with Crippen LogP contribution in [0, 0.1) is 11.8 Å². The van der Waals surface area contributed by atoms with Crippen LogP contribution in [0.3, 0.4) is 0 Å². The number of methoxy groups -OCH3 is 1. The number of hydrogen-bond acceptors (Lipinski definition) is 4. The maximum atomic E-state index is 11.6. The van der Waals surface area contributed by atoms with Crippen molar-refractivity contribution in [1.82, 2.24) is 10.4 Å². The summed E-state index contributed by atoms with van der Waals surface area (Å²) in [5.74, 6) is 1.06. The molecule has 1 heterocycles. The van der Waals surface area contributed by atoms with Crippen molar-refractivity contribution in [1.29, 1.82) is 0 Å². The van der Waals surface area contributed by atoms with Crippen molar-refractivity contribution in [2.24, 2.45) is 11.8 Å². The monoisotopic (exact) mass is 226 g/mol. The highest BCUT2D eigenvalue weighted by molar-refractivity contribution is 5.97. The lowest BCUT2D eigenvalue weighted by molar-refractivity contribution is 0.107. The van der Waals surface area contributed by atoms with Crippen molar-refractivity contribution in [3.8, 4) is 0 Å². The quantitative estimate of drug-likeness (QED) is 0.566. The lowest BCUT2D eigenvalue weighted by atomic mass is 9.93. The third-order valence-corrected chi connectivity index (χ3v) is 3.20. The molecule has 2 radical (unpaired) electrons. The van der Waals surface area contributed by atoms with Gasteiger partial charge in [-0.05, 0) is 18.3 Å². The third kappa shape index (κ3) is 3.12. The van der Waals surface area contributed by atoms with Gasteiger partial charge in [-0.2, -0.15) is 0 Å². The summed E-state index contributed by atoms with van der Waals surface area (Å²) in [5, 5.41) is 0. The van der Waals surface area contributed by atoms with Crippen LogP contribution in [0.15, 0.2) is 0 Å². The summed E-state index contributed by atoms with van der Waals surface area (Å²) in [4.78, 5) is 13.3. The van der Waals surface area contributed by atoms with Gasteiger partial charge in [0.05, 0.1) is 13.2 Å². The van der Waals surface area contributed by atoms with Gasteiger partial charge in [0.25, 0.3) is 0 Å². The molecular weight excluding hydrogens is 207 g/mol. The molecule has 2 unspecified atom stereocenters. The van der Waals surface area contributed by atoms with E-state index in [9.17, 15) is 4.79 Å². The Kier molecular flexibility index (Phi) is 5.08. The highest BCUT2D eigenvalue weighted by Crippen LogP contribution is 2.29. The van der Waals surface area contributed by atoms with E-state index < -0.39 is 0 Å². The normalized spacial score (nSPS) is 25.1. The van der Waals surface area contributed by atoms with Gasteiger partial charge in [0, 0.05) is 13.1 Å². The predicted molar refractivity (Wildman–Crippen MR) is 60.7 cm³/mol. The van der Waals surface area contributed by atoms with Crippen LogP contribution in [0.1, 0.15) is 20.3 Å². The first-order chi connectivity index (χ1) is 7.60. The highest BCUT2D eigenvalue weighted by Gasteiger charge is 2.36. The Hall–Kier alpha value is -0.745. The van der Waals surface area contributed by atoms with E-state index in [0.29, 0.717) is 18.4 Å². The minimum absolute atomic E-state index is 0.0865. The average molecular weight is 226 g/mol. The van der Waals surface area contributed by atoms with Gasteiger partial charge in [-0.3, -0.25) is 0 Å². The van der Waals surface area contributed by atoms with Crippen LogP contribution in [-0.4, -0.2) is 45.3 Å². The molecule has 0 aromatic heterocycles. The first kappa shape index (κ1) is 13.3. The zero-order valence-corrected chi connectivity index (χ0v) is 10.1. The zero-order chi connectivity index (χ0) is 12.1. The van der Waals surface area contributed by atoms with Crippen LogP contribution in [0.4, 0.5) is 4.79 Å². The Balaban J connectivity index is 2.59. The van der Waals surface area contributed by atoms with Crippen molar-refractivity contribution in [3.05, 3.63) is 0 Å². The Bertz CT molecular complexity index is 238. The molecule has 1 amide bonds. The van der Waals surface area contributed by atoms with Gasteiger partial charge >= 0.3 is 14.1 Å². The predicted octanol–water partition coefficient (Wildman–Crippen LogP) is 0.704. The molecule has 1 saturated heterocycles. The third-order valence-electron chi connectivity index (χ3n) is 3.20. The number of nitrogens with zero attached hydrogens (tertiary/aromatic N) is 1. The Labute approximate surface area is 97.9 Å². The fraction of sp³-hybridized carbons (Fsp3) is 0.900. The number of carbonyl (C=O) groups excluding carboxylic acids is 1. The molecule has 1 N–H and O–H groups in total. The molecule has 1 aliphatic heterocycles. The fourth-order valence-electron chi connectivity index (χ4n) is 2.11. The van der Waals surface area contributed by atoms with E-state index in [0.717, 1.165) is 13.0 Å². The molecule has 0 bridgehead atoms. The molecule has 16 heavy (non-hydrogen) atoms. The second-order valence-corrected chi connectivity index (χ2v) is 4.48. The first-order valence-corrected chi connectivity index (χ1v) is 5.53. The molecule has 90 valence electrons. The summed E-state index contributed by atoms with van der Waals surface area (Å²) in [5.41, 5.74) is 2.59. The average Bonchev–Trinajstić information content (AvgIpc) is 2.69. The van der Waals surface area contributed by atoms with E-state index >= 15 is 0 Å². The van der Waals surface area contributed by atoms with E-state index in [2.05, 4.69) is 24.1 Å². The van der Waals surface area contributed by atoms with E-state index in [1.54, 1.807) is 4.90 Å². The summed E-state index contributed by atoms with van der Waals surface area (Å²) in [6.07, 6.45) is 0.662. The largest absolute Gasteiger partial charge is 0.453 e. The van der Waals surface area contributed by atoms with Crippen molar-refractivity contribution in [2.45, 2.75) is 26.3 Å². The van der Waals surface area contributed by atoms with Gasteiger partial charge in [-0.15, -0.1) is 0 Å². The second-order valence-electron chi connectivity index (χ2n) is 4.48. The molecule has 0 spiro atoms. The number of carbonyl (C=O) groups is 1. The summed E-state index contributed by atoms with van der Waals surface area (Å²) in [6, 6.07) is 0.0865. The van der Waals surface area contributed by atoms with Gasteiger partial charge in [0.15, 0.2) is 0 Å². The molecule has 6 heteroatoms. The molecule has 1 aliphatic rings. The molecule has 1 rings (SSSR count). The SMILES string of the molecule is [B]ONCC1CC(C(C)C)CN1C(=O)OC. The fourth-order valence-corrected chi connectivity index (χ4v) is 2.11. The number of hydrogen-bond donors (Lipinski definition) is 1. The molecule has 0 aromatic rings. The summed E-state index contributed by atoms with van der Waals surface area (Å²) >= 11 is 0. The lowest BCUT2D eigenvalue weighted by Crippen LogP contribution is -2.41. The zero-order valence-electron chi connectivity index (χ0n) is 10.1. The van der Waals surface area contributed by atoms with Gasteiger partial charge in [0.1, 0.15) is 0 Å². The molecule has 2 atom stereocenters. The molecule has 5 nitrogen and oxygen atoms in total. The molecule has 0 aliphatic carbocycles. The summed E-state index contributed by atoms with van der Waals surface area (Å²) in [7, 11) is 6.31. The van der Waals surface area contributed by atoms with Gasteiger partial charge in [0.2, 0.25) is 0 Å². The van der Waals surface area contributed by atoms with E-state index in [1.165, 1.54) is 7.11 Å². The minimum atomic E-state index is -0.285. The van der Waals surface area contributed by atoms with Crippen molar-refractivity contribution in [3.63, 3.8) is 0 Å². The Morgan fingerprint density at radius 2 is 2.31 bits per heavy atom. The minimum Gasteiger partial charge on any atom is -0.453 e. The van der Waals surface area contributed by atoms with Crippen LogP contribution in [0.25, 0.3) is 0 Å². The van der Waals surface area contributed by atoms with Gasteiger partial charge < -0.3 is 14.4 Å². The number of ether oxygens (including phenoxy) is 1. The number of likely N-dealkylation sites (tertiary alicyclic amines) is 1. The Morgan fingerprint density at radius 3 is 2.81 bits per heavy atom. The smallest absolute Gasteiger partial charge is 0.409 e. The van der Waals surface area contributed by atoms with Crippen LogP contribution in [0.5, 0.6) is 0 Å². The topological polar surface area (TPSA) is 50.8 Å². The van der Waals surface area contributed by atoms with Gasteiger partial charge in [-0.1, -0.05) is 13.8 Å². The maximum Gasteiger partial charge on any atom is 0.409 e. The number of amides is 1. The molecule has 0 aromatic carbocycles. The number of hydroxylamine groups is 1. The summed E-state index contributed by atoms with van der Waals surface area (Å²) < 4.78 is 9.09. The number of rotatable bonds is 4. The maximum absolute atomic E-state index is 11.6. The second kappa shape index (κ2) is 6.10. The lowest BCUT2D eigenvalue weighted by Gasteiger charge is -2.23. The van der Waals surface area contributed by atoms with Crippen LogP contribution in [0.2, 0.25) is 0 Å².